The van der Waals surface area contributed by atoms with Crippen LogP contribution in [0.3, 0.4) is 0 Å². The summed E-state index contributed by atoms with van der Waals surface area (Å²) >= 11 is 0. The van der Waals surface area contributed by atoms with Crippen LogP contribution in [0, 0.1) is 12.3 Å². The molecule has 90 valence electrons. The molecule has 3 N–H and O–H groups in total. The zero-order chi connectivity index (χ0) is 12.4. The van der Waals surface area contributed by atoms with Gasteiger partial charge in [0.1, 0.15) is 0 Å². The summed E-state index contributed by atoms with van der Waals surface area (Å²) in [5.41, 5.74) is 0. The highest BCUT2D eigenvalue weighted by Gasteiger charge is 2.14. The molecule has 0 aliphatic heterocycles. The van der Waals surface area contributed by atoms with Gasteiger partial charge in [-0.1, -0.05) is 19.3 Å². The third kappa shape index (κ3) is 7.83. The number of carbonyl (C=O) groups excluding carboxylic acids is 1. The second kappa shape index (κ2) is 8.74. The maximum Gasteiger partial charge on any atom is 0.305 e. The van der Waals surface area contributed by atoms with Gasteiger partial charge in [-0.2, -0.15) is 0 Å². The Labute approximate surface area is 95.6 Å². The van der Waals surface area contributed by atoms with Crippen LogP contribution in [0.4, 0.5) is 0 Å². The van der Waals surface area contributed by atoms with Crippen LogP contribution in [0.5, 0.6) is 0 Å². The summed E-state index contributed by atoms with van der Waals surface area (Å²) in [7, 11) is 0. The van der Waals surface area contributed by atoms with Crippen molar-refractivity contribution in [2.75, 3.05) is 13.1 Å². The average molecular weight is 226 g/mol. The summed E-state index contributed by atoms with van der Waals surface area (Å²) in [6, 6.07) is -0.303. The molecule has 0 rings (SSSR count). The monoisotopic (exact) mass is 226 g/mol. The minimum atomic E-state index is -0.907. The van der Waals surface area contributed by atoms with E-state index in [0.29, 0.717) is 13.0 Å². The molecule has 0 aliphatic carbocycles. The van der Waals surface area contributed by atoms with Crippen LogP contribution >= 0.6 is 0 Å². The van der Waals surface area contributed by atoms with Gasteiger partial charge in [-0.15, -0.1) is 6.42 Å². The van der Waals surface area contributed by atoms with Crippen molar-refractivity contribution in [1.82, 2.24) is 10.6 Å². The van der Waals surface area contributed by atoms with Gasteiger partial charge in [0.05, 0.1) is 19.5 Å². The van der Waals surface area contributed by atoms with Crippen LogP contribution in [-0.4, -0.2) is 36.1 Å². The molecule has 0 bridgehead atoms. The summed E-state index contributed by atoms with van der Waals surface area (Å²) in [4.78, 5) is 21.9. The molecule has 0 aromatic carbocycles. The van der Waals surface area contributed by atoms with Gasteiger partial charge in [0, 0.05) is 6.04 Å². The predicted octanol–water partition coefficient (Wildman–Crippen LogP) is -0.0312. The SMILES string of the molecule is C#CCNCC(=O)NC(CCC)CC(=O)O. The molecule has 0 heterocycles. The summed E-state index contributed by atoms with van der Waals surface area (Å²) < 4.78 is 0. The Bertz CT molecular complexity index is 271. The molecule has 0 fully saturated rings. The van der Waals surface area contributed by atoms with Crippen molar-refractivity contribution in [2.45, 2.75) is 32.2 Å². The summed E-state index contributed by atoms with van der Waals surface area (Å²) in [5.74, 6) is 1.21. The summed E-state index contributed by atoms with van der Waals surface area (Å²) in [6.07, 6.45) is 6.45. The molecule has 16 heavy (non-hydrogen) atoms. The number of carbonyl (C=O) groups is 2. The van der Waals surface area contributed by atoms with Gasteiger partial charge >= 0.3 is 5.97 Å². The van der Waals surface area contributed by atoms with E-state index in [9.17, 15) is 9.59 Å². The Hall–Kier alpha value is -1.54. The highest BCUT2D eigenvalue weighted by Crippen LogP contribution is 2.01. The van der Waals surface area contributed by atoms with E-state index in [1.54, 1.807) is 0 Å². The fourth-order valence-corrected chi connectivity index (χ4v) is 1.31. The summed E-state index contributed by atoms with van der Waals surface area (Å²) in [5, 5.41) is 14.0. The topological polar surface area (TPSA) is 78.4 Å². The van der Waals surface area contributed by atoms with Crippen molar-refractivity contribution in [3.63, 3.8) is 0 Å². The first-order valence-electron chi connectivity index (χ1n) is 5.25. The lowest BCUT2D eigenvalue weighted by molar-refractivity contribution is -0.137. The smallest absolute Gasteiger partial charge is 0.305 e. The zero-order valence-electron chi connectivity index (χ0n) is 9.45. The number of amides is 1. The Kier molecular flexibility index (Phi) is 7.90. The van der Waals surface area contributed by atoms with Gasteiger partial charge in [0.25, 0.3) is 0 Å². The molecule has 0 aromatic rings. The zero-order valence-corrected chi connectivity index (χ0v) is 9.45. The molecular formula is C11H18N2O3. The number of hydrogen-bond donors (Lipinski definition) is 3. The van der Waals surface area contributed by atoms with E-state index in [4.69, 9.17) is 11.5 Å². The van der Waals surface area contributed by atoms with Crippen LogP contribution in [0.2, 0.25) is 0 Å². The van der Waals surface area contributed by atoms with E-state index in [-0.39, 0.29) is 24.9 Å². The van der Waals surface area contributed by atoms with Crippen LogP contribution < -0.4 is 10.6 Å². The van der Waals surface area contributed by atoms with Gasteiger partial charge in [-0.25, -0.2) is 0 Å². The third-order valence-corrected chi connectivity index (χ3v) is 1.94. The molecule has 1 amide bonds. The number of terminal acetylenes is 1. The second-order valence-corrected chi connectivity index (χ2v) is 3.46. The van der Waals surface area contributed by atoms with E-state index in [1.165, 1.54) is 0 Å². The van der Waals surface area contributed by atoms with Gasteiger partial charge in [-0.05, 0) is 6.42 Å². The first kappa shape index (κ1) is 14.5. The lowest BCUT2D eigenvalue weighted by atomic mass is 10.1. The van der Waals surface area contributed by atoms with E-state index in [1.807, 2.05) is 6.92 Å². The third-order valence-electron chi connectivity index (χ3n) is 1.94. The normalized spacial score (nSPS) is 11.5. The molecule has 1 unspecified atom stereocenters. The van der Waals surface area contributed by atoms with Gasteiger partial charge < -0.3 is 10.4 Å². The highest BCUT2D eigenvalue weighted by molar-refractivity contribution is 5.79. The van der Waals surface area contributed by atoms with Crippen LogP contribution in [-0.2, 0) is 9.59 Å². The predicted molar refractivity (Wildman–Crippen MR) is 60.8 cm³/mol. The van der Waals surface area contributed by atoms with Crippen LogP contribution in [0.15, 0.2) is 0 Å². The number of aliphatic carboxylic acids is 1. The minimum absolute atomic E-state index is 0.0469. The van der Waals surface area contributed by atoms with Crippen LogP contribution in [0.25, 0.3) is 0 Å². The molecule has 0 saturated heterocycles. The Morgan fingerprint density at radius 1 is 1.50 bits per heavy atom. The largest absolute Gasteiger partial charge is 0.481 e. The van der Waals surface area contributed by atoms with Crippen molar-refractivity contribution >= 4 is 11.9 Å². The van der Waals surface area contributed by atoms with Gasteiger partial charge in [-0.3, -0.25) is 14.9 Å². The van der Waals surface area contributed by atoms with E-state index in [0.717, 1.165) is 6.42 Å². The maximum absolute atomic E-state index is 11.3. The Morgan fingerprint density at radius 3 is 2.69 bits per heavy atom. The first-order chi connectivity index (χ1) is 7.60. The highest BCUT2D eigenvalue weighted by atomic mass is 16.4. The van der Waals surface area contributed by atoms with E-state index >= 15 is 0 Å². The molecule has 1 atom stereocenters. The molecule has 0 saturated carbocycles. The Balaban J connectivity index is 3.93. The number of carboxylic acids is 1. The molecular weight excluding hydrogens is 208 g/mol. The van der Waals surface area contributed by atoms with Gasteiger partial charge in [0.2, 0.25) is 5.91 Å². The van der Waals surface area contributed by atoms with Gasteiger partial charge in [0.15, 0.2) is 0 Å². The quantitative estimate of drug-likeness (QED) is 0.401. The van der Waals surface area contributed by atoms with Crippen molar-refractivity contribution in [3.8, 4) is 12.3 Å². The van der Waals surface area contributed by atoms with E-state index in [2.05, 4.69) is 16.6 Å². The molecule has 0 aliphatic rings. The van der Waals surface area contributed by atoms with Crippen molar-refractivity contribution in [3.05, 3.63) is 0 Å². The van der Waals surface area contributed by atoms with Crippen LogP contribution in [0.1, 0.15) is 26.2 Å². The molecule has 0 radical (unpaired) electrons. The first-order valence-corrected chi connectivity index (χ1v) is 5.25. The van der Waals surface area contributed by atoms with E-state index < -0.39 is 5.97 Å². The fraction of sp³-hybridized carbons (Fsp3) is 0.636. The van der Waals surface area contributed by atoms with Crippen molar-refractivity contribution in [2.24, 2.45) is 0 Å². The number of rotatable bonds is 8. The van der Waals surface area contributed by atoms with Crippen molar-refractivity contribution < 1.29 is 14.7 Å². The average Bonchev–Trinajstić information content (AvgIpc) is 2.17. The lowest BCUT2D eigenvalue weighted by Gasteiger charge is -2.15. The summed E-state index contributed by atoms with van der Waals surface area (Å²) in [6.45, 7) is 2.38. The number of carboxylic acid groups (broad SMARTS) is 1. The minimum Gasteiger partial charge on any atom is -0.481 e. The molecule has 5 nitrogen and oxygen atoms in total. The fourth-order valence-electron chi connectivity index (χ4n) is 1.31. The standard InChI is InChI=1S/C11H18N2O3/c1-3-5-9(7-11(15)16)13-10(14)8-12-6-4-2/h2,9,12H,3,5-8H2,1H3,(H,13,14)(H,15,16). The Morgan fingerprint density at radius 2 is 2.19 bits per heavy atom. The number of nitrogens with one attached hydrogen (secondary N) is 2. The maximum atomic E-state index is 11.3. The van der Waals surface area contributed by atoms with Crippen molar-refractivity contribution in [1.29, 1.82) is 0 Å². The number of hydrogen-bond acceptors (Lipinski definition) is 3. The molecule has 0 aromatic heterocycles. The molecule has 0 spiro atoms. The lowest BCUT2D eigenvalue weighted by Crippen LogP contribution is -2.41. The second-order valence-electron chi connectivity index (χ2n) is 3.46. The molecule has 5 heteroatoms.